The minimum atomic E-state index is -0.484. The van der Waals surface area contributed by atoms with Crippen LogP contribution >= 0.6 is 11.3 Å². The van der Waals surface area contributed by atoms with E-state index >= 15 is 0 Å². The molecule has 152 valence electrons. The molecule has 0 spiro atoms. The summed E-state index contributed by atoms with van der Waals surface area (Å²) < 4.78 is 5.70. The maximum atomic E-state index is 12.5. The molecule has 3 rings (SSSR count). The summed E-state index contributed by atoms with van der Waals surface area (Å²) in [6.07, 6.45) is 3.26. The molecule has 0 aliphatic heterocycles. The summed E-state index contributed by atoms with van der Waals surface area (Å²) in [4.78, 5) is 21.1. The van der Waals surface area contributed by atoms with Crippen molar-refractivity contribution in [2.24, 2.45) is 0 Å². The van der Waals surface area contributed by atoms with E-state index in [0.29, 0.717) is 17.5 Å². The number of nitrogens with zero attached hydrogens (tertiary/aromatic N) is 3. The lowest BCUT2D eigenvalue weighted by Crippen LogP contribution is -2.15. The number of carbonyl (C=O) groups is 1. The van der Waals surface area contributed by atoms with Gasteiger partial charge in [-0.2, -0.15) is 5.26 Å². The third-order valence-corrected chi connectivity index (χ3v) is 4.92. The molecule has 2 aromatic heterocycles. The van der Waals surface area contributed by atoms with Crippen LogP contribution in [0.1, 0.15) is 37.7 Å². The number of thiazole rings is 1. The van der Waals surface area contributed by atoms with Gasteiger partial charge in [-0.25, -0.2) is 4.98 Å². The lowest BCUT2D eigenvalue weighted by atomic mass is 9.93. The van der Waals surface area contributed by atoms with E-state index < -0.39 is 5.91 Å². The molecule has 1 aromatic carbocycles. The first-order valence-corrected chi connectivity index (χ1v) is 10.2. The molecule has 30 heavy (non-hydrogen) atoms. The number of nitriles is 1. The van der Waals surface area contributed by atoms with Gasteiger partial charge in [-0.15, -0.1) is 11.3 Å². The largest absolute Gasteiger partial charge is 0.487 e. The molecule has 7 heteroatoms. The third-order valence-electron chi connectivity index (χ3n) is 4.16. The Kier molecular flexibility index (Phi) is 6.60. The lowest BCUT2D eigenvalue weighted by Gasteiger charge is -2.14. The smallest absolute Gasteiger partial charge is 0.268 e. The second-order valence-corrected chi connectivity index (χ2v) is 8.45. The maximum Gasteiger partial charge on any atom is 0.268 e. The summed E-state index contributed by atoms with van der Waals surface area (Å²) in [5, 5.41) is 14.5. The molecular formula is C23H22N4O2S. The van der Waals surface area contributed by atoms with E-state index in [-0.39, 0.29) is 11.0 Å². The average Bonchev–Trinajstić information content (AvgIpc) is 3.21. The Bertz CT molecular complexity index is 1070. The van der Waals surface area contributed by atoms with Gasteiger partial charge in [0.05, 0.1) is 11.4 Å². The molecule has 0 saturated carbocycles. The lowest BCUT2D eigenvalue weighted by molar-refractivity contribution is -0.112. The molecule has 0 saturated heterocycles. The fourth-order valence-corrected chi connectivity index (χ4v) is 3.39. The zero-order valence-electron chi connectivity index (χ0n) is 17.0. The standard InChI is InChI=1S/C23H22N4O2S/c1-23(2,3)20-15-30-22(26-20)27-21(28)17(13-24)12-16-7-9-19(10-8-16)29-14-18-6-4-5-11-25-18/h4-12,15H,14H2,1-3H3,(H,26,27,28)/b17-12-. The minimum absolute atomic E-state index is 0.00432. The Morgan fingerprint density at radius 1 is 1.23 bits per heavy atom. The van der Waals surface area contributed by atoms with Gasteiger partial charge in [0, 0.05) is 17.0 Å². The molecule has 1 N–H and O–H groups in total. The van der Waals surface area contributed by atoms with Crippen molar-refractivity contribution < 1.29 is 9.53 Å². The predicted molar refractivity (Wildman–Crippen MR) is 118 cm³/mol. The number of hydrogen-bond donors (Lipinski definition) is 1. The average molecular weight is 419 g/mol. The number of rotatable bonds is 6. The van der Waals surface area contributed by atoms with E-state index in [1.807, 2.05) is 29.6 Å². The van der Waals surface area contributed by atoms with Gasteiger partial charge in [-0.1, -0.05) is 39.0 Å². The highest BCUT2D eigenvalue weighted by molar-refractivity contribution is 7.14. The van der Waals surface area contributed by atoms with Crippen molar-refractivity contribution in [1.29, 1.82) is 5.26 Å². The fourth-order valence-electron chi connectivity index (χ4n) is 2.46. The van der Waals surface area contributed by atoms with Crippen LogP contribution in [0.5, 0.6) is 5.75 Å². The molecule has 3 aromatic rings. The van der Waals surface area contributed by atoms with Gasteiger partial charge in [0.25, 0.3) is 5.91 Å². The number of hydrogen-bond acceptors (Lipinski definition) is 6. The molecule has 0 bridgehead atoms. The number of nitrogens with one attached hydrogen (secondary N) is 1. The van der Waals surface area contributed by atoms with E-state index in [1.165, 1.54) is 17.4 Å². The summed E-state index contributed by atoms with van der Waals surface area (Å²) in [5.41, 5.74) is 2.35. The molecule has 6 nitrogen and oxygen atoms in total. The normalized spacial score (nSPS) is 11.6. The number of pyridine rings is 1. The van der Waals surface area contributed by atoms with Crippen LogP contribution in [0.15, 0.2) is 59.6 Å². The second kappa shape index (κ2) is 9.33. The predicted octanol–water partition coefficient (Wildman–Crippen LogP) is 4.96. The van der Waals surface area contributed by atoms with Crippen molar-refractivity contribution in [2.75, 3.05) is 5.32 Å². The summed E-state index contributed by atoms with van der Waals surface area (Å²) >= 11 is 1.34. The highest BCUT2D eigenvalue weighted by Crippen LogP contribution is 2.26. The first-order chi connectivity index (χ1) is 14.3. The molecule has 1 amide bonds. The van der Waals surface area contributed by atoms with Crippen LogP contribution in [0.4, 0.5) is 5.13 Å². The Labute approximate surface area is 179 Å². The Morgan fingerprint density at radius 2 is 2.00 bits per heavy atom. The number of anilines is 1. The van der Waals surface area contributed by atoms with Gasteiger partial charge in [0.15, 0.2) is 5.13 Å². The summed E-state index contributed by atoms with van der Waals surface area (Å²) in [7, 11) is 0. The number of ether oxygens (including phenoxy) is 1. The second-order valence-electron chi connectivity index (χ2n) is 7.59. The van der Waals surface area contributed by atoms with Crippen LogP contribution in [-0.4, -0.2) is 15.9 Å². The molecule has 0 fully saturated rings. The topological polar surface area (TPSA) is 87.9 Å². The van der Waals surface area contributed by atoms with Crippen molar-refractivity contribution in [3.05, 3.63) is 76.6 Å². The summed E-state index contributed by atoms with van der Waals surface area (Å²) in [6, 6.07) is 14.8. The summed E-state index contributed by atoms with van der Waals surface area (Å²) in [5.74, 6) is 0.195. The van der Waals surface area contributed by atoms with Gasteiger partial charge in [0.1, 0.15) is 24.0 Å². The zero-order chi connectivity index (χ0) is 21.6. The molecule has 0 aliphatic carbocycles. The summed E-state index contributed by atoms with van der Waals surface area (Å²) in [6.45, 7) is 6.53. The van der Waals surface area contributed by atoms with Crippen LogP contribution in [-0.2, 0) is 16.8 Å². The van der Waals surface area contributed by atoms with Crippen LogP contribution in [0.25, 0.3) is 6.08 Å². The molecule has 0 aliphatic rings. The van der Waals surface area contributed by atoms with Crippen molar-refractivity contribution in [3.63, 3.8) is 0 Å². The molecule has 2 heterocycles. The third kappa shape index (κ3) is 5.75. The van der Waals surface area contributed by atoms with E-state index in [4.69, 9.17) is 4.74 Å². The van der Waals surface area contributed by atoms with E-state index in [9.17, 15) is 10.1 Å². The maximum absolute atomic E-state index is 12.5. The zero-order valence-corrected chi connectivity index (χ0v) is 17.9. The van der Waals surface area contributed by atoms with Crippen LogP contribution in [0, 0.1) is 11.3 Å². The highest BCUT2D eigenvalue weighted by atomic mass is 32.1. The Hall–Kier alpha value is -3.50. The van der Waals surface area contributed by atoms with Crippen LogP contribution in [0.2, 0.25) is 0 Å². The van der Waals surface area contributed by atoms with Gasteiger partial charge in [-0.05, 0) is 35.9 Å². The number of carbonyl (C=O) groups excluding carboxylic acids is 1. The monoisotopic (exact) mass is 418 g/mol. The molecular weight excluding hydrogens is 396 g/mol. The quantitative estimate of drug-likeness (QED) is 0.451. The molecule has 0 unspecified atom stereocenters. The first-order valence-electron chi connectivity index (χ1n) is 9.37. The van der Waals surface area contributed by atoms with E-state index in [0.717, 1.165) is 17.0 Å². The SMILES string of the molecule is CC(C)(C)c1csc(NC(=O)/C(C#N)=C\c2ccc(OCc3ccccn3)cc2)n1. The van der Waals surface area contributed by atoms with E-state index in [1.54, 1.807) is 30.5 Å². The number of aromatic nitrogens is 2. The van der Waals surface area contributed by atoms with Crippen molar-refractivity contribution in [2.45, 2.75) is 32.8 Å². The van der Waals surface area contributed by atoms with Crippen LogP contribution < -0.4 is 10.1 Å². The van der Waals surface area contributed by atoms with Gasteiger partial charge in [-0.3, -0.25) is 15.1 Å². The number of amides is 1. The number of benzene rings is 1. The molecule has 0 atom stereocenters. The first kappa shape index (κ1) is 21.2. The van der Waals surface area contributed by atoms with Crippen molar-refractivity contribution in [3.8, 4) is 11.8 Å². The Morgan fingerprint density at radius 3 is 2.60 bits per heavy atom. The van der Waals surface area contributed by atoms with Gasteiger partial charge < -0.3 is 4.74 Å². The minimum Gasteiger partial charge on any atom is -0.487 e. The van der Waals surface area contributed by atoms with Gasteiger partial charge >= 0.3 is 0 Å². The van der Waals surface area contributed by atoms with Crippen LogP contribution in [0.3, 0.4) is 0 Å². The van der Waals surface area contributed by atoms with E-state index in [2.05, 4.69) is 36.1 Å². The molecule has 0 radical (unpaired) electrons. The van der Waals surface area contributed by atoms with Crippen molar-refractivity contribution in [1.82, 2.24) is 9.97 Å². The highest BCUT2D eigenvalue weighted by Gasteiger charge is 2.19. The fraction of sp³-hybridized carbons (Fsp3) is 0.217. The Balaban J connectivity index is 1.64. The van der Waals surface area contributed by atoms with Crippen molar-refractivity contribution >= 4 is 28.5 Å². The van der Waals surface area contributed by atoms with Gasteiger partial charge in [0.2, 0.25) is 0 Å².